The van der Waals surface area contributed by atoms with E-state index >= 15 is 0 Å². The van der Waals surface area contributed by atoms with Crippen molar-refractivity contribution in [3.05, 3.63) is 34.5 Å². The molecule has 0 unspecified atom stereocenters. The SMILES string of the molecule is Cn1cc(C[C@H]2[C@H](OCC3CC3)CCN2C(=O)c2cscn2)cn1. The first-order valence-corrected chi connectivity index (χ1v) is 9.43. The summed E-state index contributed by atoms with van der Waals surface area (Å²) in [5, 5.41) is 6.07. The maximum atomic E-state index is 12.8. The molecular weight excluding hydrogens is 324 g/mol. The lowest BCUT2D eigenvalue weighted by Crippen LogP contribution is -2.42. The van der Waals surface area contributed by atoms with E-state index in [1.54, 1.807) is 10.2 Å². The minimum atomic E-state index is 0.0164. The number of likely N-dealkylation sites (tertiary alicyclic amines) is 1. The molecule has 0 N–H and O–H groups in total. The van der Waals surface area contributed by atoms with Crippen molar-refractivity contribution in [1.29, 1.82) is 0 Å². The molecule has 7 heteroatoms. The molecule has 1 amide bonds. The number of carbonyl (C=O) groups excluding carboxylic acids is 1. The first-order chi connectivity index (χ1) is 11.7. The summed E-state index contributed by atoms with van der Waals surface area (Å²) in [6.07, 6.45) is 8.23. The van der Waals surface area contributed by atoms with E-state index in [9.17, 15) is 4.79 Å². The van der Waals surface area contributed by atoms with Crippen LogP contribution in [0.1, 0.15) is 35.3 Å². The van der Waals surface area contributed by atoms with E-state index < -0.39 is 0 Å². The molecule has 1 saturated heterocycles. The zero-order valence-corrected chi connectivity index (χ0v) is 14.6. The lowest BCUT2D eigenvalue weighted by Gasteiger charge is -2.27. The Morgan fingerprint density at radius 2 is 2.29 bits per heavy atom. The predicted molar refractivity (Wildman–Crippen MR) is 90.9 cm³/mol. The zero-order chi connectivity index (χ0) is 16.5. The van der Waals surface area contributed by atoms with Crippen LogP contribution in [-0.2, 0) is 18.2 Å². The summed E-state index contributed by atoms with van der Waals surface area (Å²) in [7, 11) is 1.91. The summed E-state index contributed by atoms with van der Waals surface area (Å²) in [5.74, 6) is 0.745. The van der Waals surface area contributed by atoms with Crippen molar-refractivity contribution >= 4 is 17.2 Å². The van der Waals surface area contributed by atoms with Crippen molar-refractivity contribution in [1.82, 2.24) is 19.7 Å². The average Bonchev–Trinajstić information content (AvgIpc) is 2.98. The van der Waals surface area contributed by atoms with E-state index in [0.29, 0.717) is 5.69 Å². The van der Waals surface area contributed by atoms with E-state index in [1.165, 1.54) is 24.2 Å². The molecule has 1 saturated carbocycles. The fourth-order valence-corrected chi connectivity index (χ4v) is 3.87. The molecule has 2 aromatic rings. The van der Waals surface area contributed by atoms with Gasteiger partial charge < -0.3 is 9.64 Å². The highest BCUT2D eigenvalue weighted by Gasteiger charge is 2.39. The van der Waals surface area contributed by atoms with Crippen LogP contribution in [0.5, 0.6) is 0 Å². The Hall–Kier alpha value is -1.73. The monoisotopic (exact) mass is 346 g/mol. The minimum absolute atomic E-state index is 0.0164. The third-order valence-electron chi connectivity index (χ3n) is 4.84. The molecule has 2 fully saturated rings. The minimum Gasteiger partial charge on any atom is -0.376 e. The van der Waals surface area contributed by atoms with Crippen LogP contribution in [0.4, 0.5) is 0 Å². The summed E-state index contributed by atoms with van der Waals surface area (Å²) in [5.41, 5.74) is 3.39. The number of hydrogen-bond acceptors (Lipinski definition) is 5. The van der Waals surface area contributed by atoms with Crippen molar-refractivity contribution in [3.63, 3.8) is 0 Å². The van der Waals surface area contributed by atoms with Crippen molar-refractivity contribution in [3.8, 4) is 0 Å². The molecule has 0 spiro atoms. The van der Waals surface area contributed by atoms with Crippen molar-refractivity contribution in [2.45, 2.75) is 37.8 Å². The normalized spacial score (nSPS) is 23.8. The number of rotatable bonds is 6. The highest BCUT2D eigenvalue weighted by atomic mass is 32.1. The Labute approximate surface area is 145 Å². The van der Waals surface area contributed by atoms with Crippen LogP contribution in [0.3, 0.4) is 0 Å². The van der Waals surface area contributed by atoms with Crippen molar-refractivity contribution in [2.24, 2.45) is 13.0 Å². The maximum absolute atomic E-state index is 12.8. The van der Waals surface area contributed by atoms with Gasteiger partial charge in [0.05, 0.1) is 23.9 Å². The third-order valence-corrected chi connectivity index (χ3v) is 5.43. The summed E-state index contributed by atoms with van der Waals surface area (Å²) < 4.78 is 7.98. The van der Waals surface area contributed by atoms with Gasteiger partial charge in [-0.1, -0.05) is 0 Å². The average molecular weight is 346 g/mol. The van der Waals surface area contributed by atoms with E-state index in [4.69, 9.17) is 4.74 Å². The molecule has 2 atom stereocenters. The van der Waals surface area contributed by atoms with Crippen LogP contribution in [0.25, 0.3) is 0 Å². The lowest BCUT2D eigenvalue weighted by molar-refractivity contribution is 0.0199. The molecule has 2 aliphatic rings. The Balaban J connectivity index is 1.51. The summed E-state index contributed by atoms with van der Waals surface area (Å²) in [6.45, 7) is 1.56. The van der Waals surface area contributed by atoms with E-state index in [0.717, 1.165) is 37.5 Å². The van der Waals surface area contributed by atoms with Gasteiger partial charge in [0.15, 0.2) is 0 Å². The number of carbonyl (C=O) groups is 1. The Morgan fingerprint density at radius 1 is 1.42 bits per heavy atom. The van der Waals surface area contributed by atoms with Gasteiger partial charge in [-0.3, -0.25) is 9.48 Å². The van der Waals surface area contributed by atoms with Gasteiger partial charge >= 0.3 is 0 Å². The topological polar surface area (TPSA) is 60.2 Å². The number of aryl methyl sites for hydroxylation is 1. The molecule has 2 aromatic heterocycles. The molecular formula is C17H22N4O2S. The van der Waals surface area contributed by atoms with Gasteiger partial charge in [-0.05, 0) is 37.2 Å². The first-order valence-electron chi connectivity index (χ1n) is 8.49. The largest absolute Gasteiger partial charge is 0.376 e. The summed E-state index contributed by atoms with van der Waals surface area (Å²) >= 11 is 1.46. The van der Waals surface area contributed by atoms with Gasteiger partial charge in [0.1, 0.15) is 5.69 Å². The van der Waals surface area contributed by atoms with Gasteiger partial charge in [-0.15, -0.1) is 11.3 Å². The van der Waals surface area contributed by atoms with E-state index in [-0.39, 0.29) is 18.1 Å². The molecule has 24 heavy (non-hydrogen) atoms. The molecule has 4 rings (SSSR count). The smallest absolute Gasteiger partial charge is 0.273 e. The molecule has 3 heterocycles. The number of hydrogen-bond donors (Lipinski definition) is 0. The van der Waals surface area contributed by atoms with Crippen LogP contribution in [0, 0.1) is 5.92 Å². The van der Waals surface area contributed by atoms with Crippen LogP contribution in [0.15, 0.2) is 23.3 Å². The van der Waals surface area contributed by atoms with E-state index in [2.05, 4.69) is 10.1 Å². The molecule has 128 valence electrons. The number of ether oxygens (including phenoxy) is 1. The molecule has 0 aromatic carbocycles. The van der Waals surface area contributed by atoms with E-state index in [1.807, 2.05) is 29.7 Å². The quantitative estimate of drug-likeness (QED) is 0.804. The molecule has 0 bridgehead atoms. The second-order valence-electron chi connectivity index (χ2n) is 6.77. The third kappa shape index (κ3) is 3.37. The second-order valence-corrected chi connectivity index (χ2v) is 7.49. The van der Waals surface area contributed by atoms with Crippen LogP contribution in [0.2, 0.25) is 0 Å². The molecule has 1 aliphatic heterocycles. The number of nitrogens with zero attached hydrogens (tertiary/aromatic N) is 4. The highest BCUT2D eigenvalue weighted by molar-refractivity contribution is 7.07. The number of thiazole rings is 1. The van der Waals surface area contributed by atoms with Crippen LogP contribution >= 0.6 is 11.3 Å². The van der Waals surface area contributed by atoms with Crippen LogP contribution < -0.4 is 0 Å². The first kappa shape index (κ1) is 15.8. The lowest BCUT2D eigenvalue weighted by atomic mass is 10.0. The van der Waals surface area contributed by atoms with Gasteiger partial charge in [0, 0.05) is 31.8 Å². The number of amides is 1. The highest BCUT2D eigenvalue weighted by Crippen LogP contribution is 2.32. The Morgan fingerprint density at radius 3 is 2.96 bits per heavy atom. The van der Waals surface area contributed by atoms with Crippen molar-refractivity contribution < 1.29 is 9.53 Å². The Bertz CT molecular complexity index is 695. The van der Waals surface area contributed by atoms with Gasteiger partial charge in [-0.25, -0.2) is 4.98 Å². The summed E-state index contributed by atoms with van der Waals surface area (Å²) in [4.78, 5) is 18.9. The molecule has 1 aliphatic carbocycles. The van der Waals surface area contributed by atoms with Gasteiger partial charge in [-0.2, -0.15) is 5.10 Å². The fraction of sp³-hybridized carbons (Fsp3) is 0.588. The second kappa shape index (κ2) is 6.64. The van der Waals surface area contributed by atoms with Gasteiger partial charge in [0.2, 0.25) is 0 Å². The fourth-order valence-electron chi connectivity index (χ4n) is 3.34. The standard InChI is InChI=1S/C17H22N4O2S/c1-20-8-13(7-19-20)6-15-16(23-9-12-2-3-12)4-5-21(15)17(22)14-10-24-11-18-14/h7-8,10-12,15-16H,2-6,9H2,1H3/t15-,16+/m0/s1. The maximum Gasteiger partial charge on any atom is 0.273 e. The van der Waals surface area contributed by atoms with Crippen LogP contribution in [-0.4, -0.2) is 50.9 Å². The summed E-state index contributed by atoms with van der Waals surface area (Å²) in [6, 6.07) is 0.0575. The predicted octanol–water partition coefficient (Wildman–Crippen LogP) is 2.13. The molecule has 6 nitrogen and oxygen atoms in total. The zero-order valence-electron chi connectivity index (χ0n) is 13.8. The van der Waals surface area contributed by atoms with Gasteiger partial charge in [0.25, 0.3) is 5.91 Å². The number of aromatic nitrogens is 3. The molecule has 0 radical (unpaired) electrons. The van der Waals surface area contributed by atoms with Crippen molar-refractivity contribution in [2.75, 3.05) is 13.2 Å². The Kier molecular flexibility index (Phi) is 4.37.